The fourth-order valence-electron chi connectivity index (χ4n) is 1.04. The van der Waals surface area contributed by atoms with Gasteiger partial charge in [0.2, 0.25) is 0 Å². The van der Waals surface area contributed by atoms with E-state index in [1.165, 1.54) is 31.5 Å². The van der Waals surface area contributed by atoms with Crippen molar-refractivity contribution in [2.45, 2.75) is 26.2 Å². The van der Waals surface area contributed by atoms with Crippen LogP contribution in [0, 0.1) is 0 Å². The number of hydrogen-bond donors (Lipinski definition) is 1. The Morgan fingerprint density at radius 3 is 3.12 bits per heavy atom. The summed E-state index contributed by atoms with van der Waals surface area (Å²) in [7, 11) is 0. The van der Waals surface area contributed by atoms with Crippen molar-refractivity contribution in [1.29, 1.82) is 0 Å². The average molecular weight is 111 g/mol. The molecule has 8 heavy (non-hydrogen) atoms. The molecule has 0 amide bonds. The second-order valence-corrected chi connectivity index (χ2v) is 2.17. The van der Waals surface area contributed by atoms with Crippen LogP contribution in [-0.4, -0.2) is 6.54 Å². The molecule has 0 atom stereocenters. The number of nitrogens with one attached hydrogen (secondary N) is 1. The molecule has 1 saturated heterocycles. The van der Waals surface area contributed by atoms with Gasteiger partial charge in [0, 0.05) is 12.2 Å². The Labute approximate surface area is 50.8 Å². The van der Waals surface area contributed by atoms with E-state index in [1.807, 2.05) is 0 Å². The molecule has 0 spiro atoms. The monoisotopic (exact) mass is 111 g/mol. The zero-order valence-corrected chi connectivity index (χ0v) is 5.41. The van der Waals surface area contributed by atoms with E-state index in [2.05, 4.69) is 18.3 Å². The summed E-state index contributed by atoms with van der Waals surface area (Å²) in [5.41, 5.74) is 1.45. The minimum Gasteiger partial charge on any atom is -0.389 e. The molecule has 0 aromatic rings. The van der Waals surface area contributed by atoms with Crippen molar-refractivity contribution in [3.63, 3.8) is 0 Å². The van der Waals surface area contributed by atoms with E-state index in [0.29, 0.717) is 0 Å². The lowest BCUT2D eigenvalue weighted by molar-refractivity contribution is 0.901. The van der Waals surface area contributed by atoms with E-state index in [9.17, 15) is 0 Å². The third-order valence-corrected chi connectivity index (χ3v) is 1.43. The van der Waals surface area contributed by atoms with Gasteiger partial charge in [-0.3, -0.25) is 0 Å². The molecule has 0 aliphatic carbocycles. The van der Waals surface area contributed by atoms with Crippen LogP contribution in [0.5, 0.6) is 0 Å². The van der Waals surface area contributed by atoms with Gasteiger partial charge in [-0.05, 0) is 19.3 Å². The molecule has 1 heterocycles. The van der Waals surface area contributed by atoms with Crippen LogP contribution in [0.2, 0.25) is 0 Å². The highest BCUT2D eigenvalue weighted by Gasteiger charge is 2.01. The zero-order valence-electron chi connectivity index (χ0n) is 5.41. The van der Waals surface area contributed by atoms with E-state index < -0.39 is 0 Å². The first kappa shape index (κ1) is 5.67. The van der Waals surface area contributed by atoms with Crippen LogP contribution in [0.1, 0.15) is 26.2 Å². The summed E-state index contributed by atoms with van der Waals surface area (Å²) >= 11 is 0. The third-order valence-electron chi connectivity index (χ3n) is 1.43. The van der Waals surface area contributed by atoms with Crippen LogP contribution in [-0.2, 0) is 0 Å². The van der Waals surface area contributed by atoms with Crippen LogP contribution >= 0.6 is 0 Å². The highest BCUT2D eigenvalue weighted by Crippen LogP contribution is 2.08. The van der Waals surface area contributed by atoms with Crippen molar-refractivity contribution < 1.29 is 0 Å². The second-order valence-electron chi connectivity index (χ2n) is 2.17. The first-order valence-corrected chi connectivity index (χ1v) is 3.36. The minimum atomic E-state index is 1.17. The number of hydrogen-bond acceptors (Lipinski definition) is 1. The molecule has 1 aliphatic heterocycles. The van der Waals surface area contributed by atoms with Crippen LogP contribution in [0.4, 0.5) is 0 Å². The predicted octanol–water partition coefficient (Wildman–Crippen LogP) is 1.66. The Hall–Kier alpha value is -0.460. The maximum absolute atomic E-state index is 3.32. The van der Waals surface area contributed by atoms with Crippen molar-refractivity contribution in [2.75, 3.05) is 6.54 Å². The summed E-state index contributed by atoms with van der Waals surface area (Å²) in [5, 5.41) is 3.32. The lowest BCUT2D eigenvalue weighted by Crippen LogP contribution is -2.02. The van der Waals surface area contributed by atoms with Gasteiger partial charge in [0.05, 0.1) is 0 Å². The third kappa shape index (κ3) is 1.25. The Balaban J connectivity index is 2.33. The second kappa shape index (κ2) is 2.75. The largest absolute Gasteiger partial charge is 0.389 e. The summed E-state index contributed by atoms with van der Waals surface area (Å²) in [6.45, 7) is 3.36. The maximum Gasteiger partial charge on any atom is 0.0147 e. The number of rotatable bonds is 1. The van der Waals surface area contributed by atoms with Crippen LogP contribution in [0.15, 0.2) is 11.8 Å². The van der Waals surface area contributed by atoms with Gasteiger partial charge in [-0.1, -0.05) is 13.0 Å². The first-order valence-electron chi connectivity index (χ1n) is 3.36. The van der Waals surface area contributed by atoms with Gasteiger partial charge in [-0.15, -0.1) is 0 Å². The molecule has 0 aromatic carbocycles. The fourth-order valence-corrected chi connectivity index (χ4v) is 1.04. The van der Waals surface area contributed by atoms with Crippen molar-refractivity contribution in [2.24, 2.45) is 0 Å². The minimum absolute atomic E-state index is 1.17. The zero-order chi connectivity index (χ0) is 5.82. The Bertz CT molecular complexity index is 86.6. The average Bonchev–Trinajstić information content (AvgIpc) is 2.19. The standard InChI is InChI=1S/C7H13N/c1-2-4-7-5-3-6-8-7/h4,8H,2-3,5-6H2,1H3/b7-4+. The van der Waals surface area contributed by atoms with E-state index >= 15 is 0 Å². The van der Waals surface area contributed by atoms with Gasteiger partial charge in [0.1, 0.15) is 0 Å². The van der Waals surface area contributed by atoms with E-state index in [1.54, 1.807) is 0 Å². The van der Waals surface area contributed by atoms with Crippen molar-refractivity contribution in [3.8, 4) is 0 Å². The molecular formula is C7H13N. The van der Waals surface area contributed by atoms with E-state index in [4.69, 9.17) is 0 Å². The van der Waals surface area contributed by atoms with Gasteiger partial charge in [0.25, 0.3) is 0 Å². The summed E-state index contributed by atoms with van der Waals surface area (Å²) in [4.78, 5) is 0. The van der Waals surface area contributed by atoms with Gasteiger partial charge < -0.3 is 5.32 Å². The molecule has 0 bridgehead atoms. The molecule has 1 N–H and O–H groups in total. The normalized spacial score (nSPS) is 23.9. The first-order chi connectivity index (χ1) is 3.93. The quantitative estimate of drug-likeness (QED) is 0.542. The smallest absolute Gasteiger partial charge is 0.0147 e. The Morgan fingerprint density at radius 2 is 2.62 bits per heavy atom. The van der Waals surface area contributed by atoms with Crippen molar-refractivity contribution in [1.82, 2.24) is 5.32 Å². The molecule has 0 aromatic heterocycles. The molecule has 0 radical (unpaired) electrons. The summed E-state index contributed by atoms with van der Waals surface area (Å²) in [6, 6.07) is 0. The molecule has 1 nitrogen and oxygen atoms in total. The van der Waals surface area contributed by atoms with Gasteiger partial charge in [0.15, 0.2) is 0 Å². The SMILES string of the molecule is CC/C=C1\CCCN1. The van der Waals surface area contributed by atoms with E-state index in [0.717, 1.165) is 0 Å². The Kier molecular flexibility index (Phi) is 1.95. The molecule has 0 saturated carbocycles. The van der Waals surface area contributed by atoms with Crippen molar-refractivity contribution >= 4 is 0 Å². The van der Waals surface area contributed by atoms with Crippen LogP contribution < -0.4 is 5.32 Å². The summed E-state index contributed by atoms with van der Waals surface area (Å²) < 4.78 is 0. The topological polar surface area (TPSA) is 12.0 Å². The summed E-state index contributed by atoms with van der Waals surface area (Å²) in [6.07, 6.45) is 6.04. The van der Waals surface area contributed by atoms with Crippen LogP contribution in [0.3, 0.4) is 0 Å². The fraction of sp³-hybridized carbons (Fsp3) is 0.714. The molecule has 1 aliphatic rings. The highest BCUT2D eigenvalue weighted by atomic mass is 14.9. The molecule has 46 valence electrons. The summed E-state index contributed by atoms with van der Waals surface area (Å²) in [5.74, 6) is 0. The molecule has 1 rings (SSSR count). The Morgan fingerprint density at radius 1 is 1.75 bits per heavy atom. The van der Waals surface area contributed by atoms with Gasteiger partial charge in [-0.25, -0.2) is 0 Å². The lowest BCUT2D eigenvalue weighted by atomic mass is 10.3. The maximum atomic E-state index is 3.32. The number of allylic oxidation sites excluding steroid dienone is 2. The molecule has 1 heteroatoms. The molecular weight excluding hydrogens is 98.1 g/mol. The van der Waals surface area contributed by atoms with Gasteiger partial charge in [-0.2, -0.15) is 0 Å². The van der Waals surface area contributed by atoms with E-state index in [-0.39, 0.29) is 0 Å². The molecule has 0 unspecified atom stereocenters. The highest BCUT2D eigenvalue weighted by molar-refractivity contribution is 5.02. The lowest BCUT2D eigenvalue weighted by Gasteiger charge is -1.93. The predicted molar refractivity (Wildman–Crippen MR) is 35.6 cm³/mol. The molecule has 1 fully saturated rings. The van der Waals surface area contributed by atoms with Crippen molar-refractivity contribution in [3.05, 3.63) is 11.8 Å². The van der Waals surface area contributed by atoms with Gasteiger partial charge >= 0.3 is 0 Å². The van der Waals surface area contributed by atoms with Crippen LogP contribution in [0.25, 0.3) is 0 Å².